The molecule has 0 atom stereocenters. The first-order valence-corrected chi connectivity index (χ1v) is 8.98. The molecule has 0 aliphatic carbocycles. The summed E-state index contributed by atoms with van der Waals surface area (Å²) < 4.78 is 5.77. The molecule has 0 spiro atoms. The standard InChI is InChI=1S/C21H29N3O2/c1-23-13-11-20(22)15-24-12-2-14-26-21-9-7-19(8-10-21)18-5-3-17(16-25)4-6-18/h3-10,15,23-25H,2,11-14,16,22H2,1H3/b20-15-. The van der Waals surface area contributed by atoms with Gasteiger partial charge in [0.25, 0.3) is 0 Å². The SMILES string of the molecule is CNCC/C(N)=C/NCCCOc1ccc(-c2ccc(CO)cc2)cc1. The molecule has 0 fully saturated rings. The van der Waals surface area contributed by atoms with Gasteiger partial charge >= 0.3 is 0 Å². The zero-order valence-electron chi connectivity index (χ0n) is 15.4. The average Bonchev–Trinajstić information content (AvgIpc) is 2.69. The molecule has 5 N–H and O–H groups in total. The van der Waals surface area contributed by atoms with E-state index in [9.17, 15) is 0 Å². The number of nitrogens with two attached hydrogens (primary N) is 1. The van der Waals surface area contributed by atoms with Crippen molar-refractivity contribution in [1.82, 2.24) is 10.6 Å². The van der Waals surface area contributed by atoms with Crippen LogP contribution < -0.4 is 21.1 Å². The Hall–Kier alpha value is -2.50. The van der Waals surface area contributed by atoms with Gasteiger partial charge in [-0.05, 0) is 42.3 Å². The number of ether oxygens (including phenoxy) is 1. The summed E-state index contributed by atoms with van der Waals surface area (Å²) in [6.07, 6.45) is 3.61. The Labute approximate surface area is 155 Å². The predicted octanol–water partition coefficient (Wildman–Crippen LogP) is 2.61. The van der Waals surface area contributed by atoms with Crippen LogP contribution in [0.4, 0.5) is 0 Å². The van der Waals surface area contributed by atoms with Gasteiger partial charge < -0.3 is 26.2 Å². The molecular formula is C21H29N3O2. The molecule has 0 aliphatic heterocycles. The number of rotatable bonds is 11. The first-order valence-electron chi connectivity index (χ1n) is 8.98. The van der Waals surface area contributed by atoms with Gasteiger partial charge in [-0.1, -0.05) is 36.4 Å². The summed E-state index contributed by atoms with van der Waals surface area (Å²) in [5.41, 5.74) is 9.88. The van der Waals surface area contributed by atoms with E-state index in [4.69, 9.17) is 15.6 Å². The predicted molar refractivity (Wildman–Crippen MR) is 107 cm³/mol. The third kappa shape index (κ3) is 6.78. The lowest BCUT2D eigenvalue weighted by Crippen LogP contribution is -2.16. The van der Waals surface area contributed by atoms with E-state index >= 15 is 0 Å². The van der Waals surface area contributed by atoms with Crippen LogP contribution in [-0.2, 0) is 6.61 Å². The maximum absolute atomic E-state index is 9.10. The first-order chi connectivity index (χ1) is 12.7. The fourth-order valence-electron chi connectivity index (χ4n) is 2.46. The molecule has 0 heterocycles. The molecule has 0 saturated heterocycles. The summed E-state index contributed by atoms with van der Waals surface area (Å²) in [6, 6.07) is 16.0. The number of aliphatic hydroxyl groups excluding tert-OH is 1. The van der Waals surface area contributed by atoms with E-state index in [0.29, 0.717) is 6.61 Å². The zero-order valence-corrected chi connectivity index (χ0v) is 15.4. The van der Waals surface area contributed by atoms with Crippen LogP contribution in [0.5, 0.6) is 5.75 Å². The molecule has 0 unspecified atom stereocenters. The molecule has 2 aromatic rings. The smallest absolute Gasteiger partial charge is 0.119 e. The molecule has 26 heavy (non-hydrogen) atoms. The van der Waals surface area contributed by atoms with Crippen molar-refractivity contribution in [1.29, 1.82) is 0 Å². The molecule has 2 aromatic carbocycles. The summed E-state index contributed by atoms with van der Waals surface area (Å²) in [5, 5.41) is 15.4. The quantitative estimate of drug-likeness (QED) is 0.466. The Morgan fingerprint density at radius 2 is 1.69 bits per heavy atom. The summed E-state index contributed by atoms with van der Waals surface area (Å²) in [4.78, 5) is 0. The second-order valence-corrected chi connectivity index (χ2v) is 6.11. The van der Waals surface area contributed by atoms with Crippen molar-refractivity contribution in [3.05, 3.63) is 66.0 Å². The highest BCUT2D eigenvalue weighted by Gasteiger charge is 1.99. The van der Waals surface area contributed by atoms with E-state index in [2.05, 4.69) is 10.6 Å². The third-order valence-corrected chi connectivity index (χ3v) is 4.01. The average molecular weight is 355 g/mol. The third-order valence-electron chi connectivity index (χ3n) is 4.01. The Morgan fingerprint density at radius 3 is 2.31 bits per heavy atom. The van der Waals surface area contributed by atoms with Gasteiger partial charge in [0.2, 0.25) is 0 Å². The number of hydrogen-bond acceptors (Lipinski definition) is 5. The largest absolute Gasteiger partial charge is 0.494 e. The second kappa shape index (κ2) is 11.2. The van der Waals surface area contributed by atoms with Crippen LogP contribution in [0.25, 0.3) is 11.1 Å². The van der Waals surface area contributed by atoms with Crippen LogP contribution in [0.1, 0.15) is 18.4 Å². The fraction of sp³-hybridized carbons (Fsp3) is 0.333. The van der Waals surface area contributed by atoms with E-state index in [1.165, 1.54) is 0 Å². The maximum atomic E-state index is 9.10. The number of nitrogens with one attached hydrogen (secondary N) is 2. The van der Waals surface area contributed by atoms with Crippen molar-refractivity contribution >= 4 is 0 Å². The molecule has 140 valence electrons. The highest BCUT2D eigenvalue weighted by atomic mass is 16.5. The van der Waals surface area contributed by atoms with Gasteiger partial charge in [-0.15, -0.1) is 0 Å². The fourth-order valence-corrected chi connectivity index (χ4v) is 2.46. The maximum Gasteiger partial charge on any atom is 0.119 e. The van der Waals surface area contributed by atoms with Crippen LogP contribution in [0.15, 0.2) is 60.4 Å². The molecule has 0 aliphatic rings. The lowest BCUT2D eigenvalue weighted by Gasteiger charge is -2.08. The summed E-state index contributed by atoms with van der Waals surface area (Å²) in [6.45, 7) is 2.44. The van der Waals surface area contributed by atoms with Crippen molar-refractivity contribution in [2.45, 2.75) is 19.4 Å². The van der Waals surface area contributed by atoms with E-state index in [1.807, 2.05) is 61.8 Å². The summed E-state index contributed by atoms with van der Waals surface area (Å²) >= 11 is 0. The monoisotopic (exact) mass is 355 g/mol. The molecule has 5 heteroatoms. The first kappa shape index (κ1) is 19.8. The highest BCUT2D eigenvalue weighted by molar-refractivity contribution is 5.64. The van der Waals surface area contributed by atoms with Gasteiger partial charge in [0.05, 0.1) is 13.2 Å². The lowest BCUT2D eigenvalue weighted by molar-refractivity contribution is 0.282. The van der Waals surface area contributed by atoms with Crippen LogP contribution in [0.2, 0.25) is 0 Å². The molecule has 0 aromatic heterocycles. The van der Waals surface area contributed by atoms with Crippen molar-refractivity contribution < 1.29 is 9.84 Å². The topological polar surface area (TPSA) is 79.5 Å². The minimum Gasteiger partial charge on any atom is -0.494 e. The van der Waals surface area contributed by atoms with Gasteiger partial charge in [0.15, 0.2) is 0 Å². The van der Waals surface area contributed by atoms with Crippen molar-refractivity contribution in [2.75, 3.05) is 26.7 Å². The zero-order chi connectivity index (χ0) is 18.6. The summed E-state index contributed by atoms with van der Waals surface area (Å²) in [7, 11) is 1.91. The van der Waals surface area contributed by atoms with Gasteiger partial charge in [-0.2, -0.15) is 0 Å². The Kier molecular flexibility index (Phi) is 8.52. The number of hydrogen-bond donors (Lipinski definition) is 4. The van der Waals surface area contributed by atoms with Gasteiger partial charge in [-0.25, -0.2) is 0 Å². The lowest BCUT2D eigenvalue weighted by atomic mass is 10.0. The Bertz CT molecular complexity index is 667. The normalized spacial score (nSPS) is 11.4. The highest BCUT2D eigenvalue weighted by Crippen LogP contribution is 2.23. The summed E-state index contributed by atoms with van der Waals surface area (Å²) in [5.74, 6) is 0.866. The molecule has 0 saturated carbocycles. The van der Waals surface area contributed by atoms with Gasteiger partial charge in [0, 0.05) is 31.4 Å². The van der Waals surface area contributed by atoms with E-state index in [0.717, 1.165) is 54.1 Å². The van der Waals surface area contributed by atoms with Gasteiger partial charge in [0.1, 0.15) is 5.75 Å². The van der Waals surface area contributed by atoms with Crippen molar-refractivity contribution in [2.24, 2.45) is 5.73 Å². The second-order valence-electron chi connectivity index (χ2n) is 6.11. The van der Waals surface area contributed by atoms with E-state index < -0.39 is 0 Å². The van der Waals surface area contributed by atoms with E-state index in [1.54, 1.807) is 0 Å². The van der Waals surface area contributed by atoms with E-state index in [-0.39, 0.29) is 6.61 Å². The molecule has 5 nitrogen and oxygen atoms in total. The minimum atomic E-state index is 0.0697. The molecule has 2 rings (SSSR count). The van der Waals surface area contributed by atoms with Crippen molar-refractivity contribution in [3.8, 4) is 16.9 Å². The molecule has 0 amide bonds. The molecular weight excluding hydrogens is 326 g/mol. The van der Waals surface area contributed by atoms with Crippen molar-refractivity contribution in [3.63, 3.8) is 0 Å². The van der Waals surface area contributed by atoms with Gasteiger partial charge in [-0.3, -0.25) is 0 Å². The number of benzene rings is 2. The minimum absolute atomic E-state index is 0.0697. The van der Waals surface area contributed by atoms with Crippen LogP contribution in [-0.4, -0.2) is 31.9 Å². The Morgan fingerprint density at radius 1 is 1.04 bits per heavy atom. The molecule has 0 bridgehead atoms. The number of aliphatic hydroxyl groups is 1. The van der Waals surface area contributed by atoms with Crippen LogP contribution in [0.3, 0.4) is 0 Å². The van der Waals surface area contributed by atoms with Crippen LogP contribution in [0, 0.1) is 0 Å². The molecule has 0 radical (unpaired) electrons. The van der Waals surface area contributed by atoms with Crippen LogP contribution >= 0.6 is 0 Å². The Balaban J connectivity index is 1.70.